The Balaban J connectivity index is 1.41. The molecule has 0 unspecified atom stereocenters. The number of nitrogens with zero attached hydrogens (tertiary/aromatic N) is 4. The van der Waals surface area contributed by atoms with Gasteiger partial charge in [0, 0.05) is 19.8 Å². The van der Waals surface area contributed by atoms with Gasteiger partial charge in [0.05, 0.1) is 38.3 Å². The lowest BCUT2D eigenvalue weighted by atomic mass is 10.2. The summed E-state index contributed by atoms with van der Waals surface area (Å²) in [5.41, 5.74) is 0.391. The summed E-state index contributed by atoms with van der Waals surface area (Å²) in [6.07, 6.45) is 4.93. The van der Waals surface area contributed by atoms with Gasteiger partial charge < -0.3 is 24.1 Å². The average Bonchev–Trinajstić information content (AvgIpc) is 3.28. The van der Waals surface area contributed by atoms with Gasteiger partial charge in [-0.1, -0.05) is 0 Å². The Bertz CT molecular complexity index is 717. The zero-order valence-electron chi connectivity index (χ0n) is 13.3. The van der Waals surface area contributed by atoms with Crippen LogP contribution in [0.25, 0.3) is 0 Å². The lowest BCUT2D eigenvalue weighted by Crippen LogP contribution is -2.45. The van der Waals surface area contributed by atoms with Crippen molar-refractivity contribution in [1.82, 2.24) is 24.6 Å². The molecule has 0 aromatic carbocycles. The number of imidazole rings is 1. The third-order valence-corrected chi connectivity index (χ3v) is 4.11. The third-order valence-electron chi connectivity index (χ3n) is 4.11. The molecule has 1 fully saturated rings. The van der Waals surface area contributed by atoms with E-state index in [-0.39, 0.29) is 18.1 Å². The van der Waals surface area contributed by atoms with Gasteiger partial charge in [-0.25, -0.2) is 4.98 Å². The number of aromatic nitrogens is 4. The number of carbonyl (C=O) groups is 1. The van der Waals surface area contributed by atoms with Crippen LogP contribution >= 0.6 is 0 Å². The first kappa shape index (κ1) is 15.2. The maximum absolute atomic E-state index is 12.5. The molecule has 0 spiro atoms. The summed E-state index contributed by atoms with van der Waals surface area (Å²) in [5.74, 6) is 1.20. The van der Waals surface area contributed by atoms with E-state index in [4.69, 9.17) is 14.2 Å². The van der Waals surface area contributed by atoms with Gasteiger partial charge in [0.25, 0.3) is 5.91 Å². The summed E-state index contributed by atoms with van der Waals surface area (Å²) >= 11 is 0. The van der Waals surface area contributed by atoms with Gasteiger partial charge in [-0.05, 0) is 0 Å². The van der Waals surface area contributed by atoms with Crippen LogP contribution in [0.3, 0.4) is 0 Å². The van der Waals surface area contributed by atoms with Crippen molar-refractivity contribution in [2.75, 3.05) is 19.8 Å². The van der Waals surface area contributed by atoms with Gasteiger partial charge in [-0.3, -0.25) is 9.48 Å². The molecule has 2 aliphatic rings. The van der Waals surface area contributed by atoms with Gasteiger partial charge in [-0.2, -0.15) is 5.10 Å². The Morgan fingerprint density at radius 3 is 3.08 bits per heavy atom. The number of hydrogen-bond acceptors (Lipinski definition) is 6. The molecule has 1 N–H and O–H groups in total. The summed E-state index contributed by atoms with van der Waals surface area (Å²) in [6, 6.07) is -0.229. The molecule has 128 valence electrons. The number of aryl methyl sites for hydroxylation is 1. The summed E-state index contributed by atoms with van der Waals surface area (Å²) in [7, 11) is 1.82. The molecule has 4 rings (SSSR count). The lowest BCUT2D eigenvalue weighted by molar-refractivity contribution is 0.0815. The van der Waals surface area contributed by atoms with Crippen molar-refractivity contribution in [2.24, 2.45) is 7.05 Å². The van der Waals surface area contributed by atoms with Crippen molar-refractivity contribution in [3.05, 3.63) is 30.1 Å². The van der Waals surface area contributed by atoms with E-state index in [0.29, 0.717) is 37.9 Å². The number of fused-ring (bicyclic) bond motifs is 1. The highest BCUT2D eigenvalue weighted by molar-refractivity contribution is 5.92. The molecule has 0 radical (unpaired) electrons. The van der Waals surface area contributed by atoms with Gasteiger partial charge in [0.1, 0.15) is 24.2 Å². The molecule has 2 aromatic rings. The molecule has 0 saturated carbocycles. The minimum absolute atomic E-state index is 0.229. The van der Waals surface area contributed by atoms with Crippen molar-refractivity contribution in [3.63, 3.8) is 0 Å². The van der Waals surface area contributed by atoms with Crippen molar-refractivity contribution in [1.29, 1.82) is 0 Å². The van der Waals surface area contributed by atoms with E-state index in [0.717, 1.165) is 12.4 Å². The van der Waals surface area contributed by atoms with E-state index in [1.807, 2.05) is 11.6 Å². The molecule has 0 bridgehead atoms. The van der Waals surface area contributed by atoms with Gasteiger partial charge in [0.15, 0.2) is 5.75 Å². The Kier molecular flexibility index (Phi) is 3.95. The minimum atomic E-state index is -0.251. The molecular formula is C15H19N5O4. The van der Waals surface area contributed by atoms with Crippen LogP contribution in [0.5, 0.6) is 5.75 Å². The molecule has 24 heavy (non-hydrogen) atoms. The number of nitrogens with one attached hydrogen (secondary N) is 1. The van der Waals surface area contributed by atoms with Gasteiger partial charge in [0.2, 0.25) is 0 Å². The minimum Gasteiger partial charge on any atom is -0.482 e. The van der Waals surface area contributed by atoms with Crippen LogP contribution < -0.4 is 10.1 Å². The molecule has 9 nitrogen and oxygen atoms in total. The highest BCUT2D eigenvalue weighted by Gasteiger charge is 2.32. The van der Waals surface area contributed by atoms with Crippen LogP contribution in [-0.4, -0.2) is 57.2 Å². The van der Waals surface area contributed by atoms with Crippen LogP contribution in [0, 0.1) is 0 Å². The van der Waals surface area contributed by atoms with Crippen LogP contribution in [0.4, 0.5) is 0 Å². The second-order valence-electron chi connectivity index (χ2n) is 5.91. The molecule has 2 atom stereocenters. The van der Waals surface area contributed by atoms with Crippen LogP contribution in [0.2, 0.25) is 0 Å². The Hall–Kier alpha value is -2.39. The van der Waals surface area contributed by atoms with Gasteiger partial charge in [-0.15, -0.1) is 0 Å². The van der Waals surface area contributed by atoms with Crippen molar-refractivity contribution in [2.45, 2.75) is 25.3 Å². The van der Waals surface area contributed by atoms with Crippen molar-refractivity contribution in [3.8, 4) is 5.75 Å². The van der Waals surface area contributed by atoms with Crippen molar-refractivity contribution >= 4 is 5.91 Å². The SMILES string of the molecule is Cn1cc(O[C@@H]2COC[C@@H]2NC(=O)c2cn3c(n2)COCC3)cn1. The second-order valence-corrected chi connectivity index (χ2v) is 5.91. The maximum Gasteiger partial charge on any atom is 0.271 e. The second kappa shape index (κ2) is 6.25. The molecule has 2 aromatic heterocycles. The summed E-state index contributed by atoms with van der Waals surface area (Å²) in [5, 5.41) is 7.02. The zero-order valence-corrected chi connectivity index (χ0v) is 13.3. The van der Waals surface area contributed by atoms with Crippen LogP contribution in [0.1, 0.15) is 16.3 Å². The van der Waals surface area contributed by atoms with Gasteiger partial charge >= 0.3 is 0 Å². The Labute approximate surface area is 138 Å². The predicted octanol–water partition coefficient (Wildman–Crippen LogP) is -0.277. The highest BCUT2D eigenvalue weighted by Crippen LogP contribution is 2.17. The maximum atomic E-state index is 12.5. The monoisotopic (exact) mass is 333 g/mol. The molecule has 0 aliphatic carbocycles. The number of ether oxygens (including phenoxy) is 3. The van der Waals surface area contributed by atoms with E-state index in [1.54, 1.807) is 23.3 Å². The third kappa shape index (κ3) is 3.00. The normalized spacial score (nSPS) is 23.0. The zero-order chi connectivity index (χ0) is 16.5. The summed E-state index contributed by atoms with van der Waals surface area (Å²) < 4.78 is 20.3. The average molecular weight is 333 g/mol. The number of carbonyl (C=O) groups excluding carboxylic acids is 1. The standard InChI is InChI=1S/C15H19N5O4/c1-19-5-10(4-16-19)24-13-8-23-7-12(13)18-15(21)11-6-20-2-3-22-9-14(20)17-11/h4-6,12-13H,2-3,7-9H2,1H3,(H,18,21)/t12-,13+/m0/s1. The lowest BCUT2D eigenvalue weighted by Gasteiger charge is -2.19. The van der Waals surface area contributed by atoms with E-state index < -0.39 is 0 Å². The summed E-state index contributed by atoms with van der Waals surface area (Å²) in [6.45, 7) is 2.63. The number of rotatable bonds is 4. The Morgan fingerprint density at radius 2 is 2.29 bits per heavy atom. The van der Waals surface area contributed by atoms with E-state index in [1.165, 1.54) is 0 Å². The number of hydrogen-bond donors (Lipinski definition) is 1. The smallest absolute Gasteiger partial charge is 0.271 e. The topological polar surface area (TPSA) is 92.4 Å². The number of amides is 1. The quantitative estimate of drug-likeness (QED) is 0.827. The fourth-order valence-corrected chi connectivity index (χ4v) is 2.86. The first-order valence-corrected chi connectivity index (χ1v) is 7.87. The molecule has 2 aliphatic heterocycles. The fourth-order valence-electron chi connectivity index (χ4n) is 2.86. The van der Waals surface area contributed by atoms with E-state index >= 15 is 0 Å². The van der Waals surface area contributed by atoms with Crippen molar-refractivity contribution < 1.29 is 19.0 Å². The van der Waals surface area contributed by atoms with E-state index in [2.05, 4.69) is 15.4 Å². The first-order chi connectivity index (χ1) is 11.7. The first-order valence-electron chi connectivity index (χ1n) is 7.87. The molecular weight excluding hydrogens is 314 g/mol. The molecule has 4 heterocycles. The molecule has 9 heteroatoms. The van der Waals surface area contributed by atoms with Crippen LogP contribution in [-0.2, 0) is 29.7 Å². The summed E-state index contributed by atoms with van der Waals surface area (Å²) in [4.78, 5) is 16.8. The Morgan fingerprint density at radius 1 is 1.38 bits per heavy atom. The van der Waals surface area contributed by atoms with E-state index in [9.17, 15) is 4.79 Å². The molecule has 1 amide bonds. The van der Waals surface area contributed by atoms with Crippen LogP contribution in [0.15, 0.2) is 18.6 Å². The molecule has 1 saturated heterocycles. The highest BCUT2D eigenvalue weighted by atomic mass is 16.5. The fraction of sp³-hybridized carbons (Fsp3) is 0.533. The predicted molar refractivity (Wildman–Crippen MR) is 81.6 cm³/mol. The largest absolute Gasteiger partial charge is 0.482 e.